The highest BCUT2D eigenvalue weighted by Crippen LogP contribution is 2.30. The maximum atomic E-state index is 10.3. The number of rotatable bonds is 5. The number of likely N-dealkylation sites (tertiary alicyclic amines) is 1. The maximum Gasteiger partial charge on any atom is 0.303 e. The van der Waals surface area contributed by atoms with Gasteiger partial charge >= 0.3 is 5.97 Å². The Morgan fingerprint density at radius 2 is 1.95 bits per heavy atom. The Morgan fingerprint density at radius 1 is 1.36 bits per heavy atom. The lowest BCUT2D eigenvalue weighted by Gasteiger charge is -2.36. The number of nitrogens with zero attached hydrogens (tertiary/aromatic N) is 1. The first-order valence-corrected chi connectivity index (χ1v) is 7.84. The molecule has 1 aromatic heterocycles. The van der Waals surface area contributed by atoms with Gasteiger partial charge < -0.3 is 9.52 Å². The van der Waals surface area contributed by atoms with Gasteiger partial charge in [-0.05, 0) is 18.6 Å². The molecule has 0 amide bonds. The molecule has 22 heavy (non-hydrogen) atoms. The van der Waals surface area contributed by atoms with Gasteiger partial charge in [-0.2, -0.15) is 4.65 Å². The van der Waals surface area contributed by atoms with Crippen LogP contribution in [0.1, 0.15) is 57.6 Å². The zero-order valence-corrected chi connectivity index (χ0v) is 14.3. The van der Waals surface area contributed by atoms with E-state index in [4.69, 9.17) is 9.52 Å². The van der Waals surface area contributed by atoms with Gasteiger partial charge in [-0.15, -0.1) is 12.4 Å². The molecule has 0 aromatic carbocycles. The Hall–Kier alpha value is -1.04. The molecule has 0 spiro atoms. The molecule has 2 rings (SSSR count). The number of aliphatic carboxylic acids is 1. The van der Waals surface area contributed by atoms with Crippen LogP contribution in [0.15, 0.2) is 22.8 Å². The molecular formula is C16H29ClNO4+. The van der Waals surface area contributed by atoms with E-state index in [0.717, 1.165) is 51.1 Å². The van der Waals surface area contributed by atoms with Crippen molar-refractivity contribution in [3.05, 3.63) is 24.2 Å². The number of halogens is 1. The van der Waals surface area contributed by atoms with Crippen LogP contribution in [0.5, 0.6) is 0 Å². The van der Waals surface area contributed by atoms with E-state index in [-0.39, 0.29) is 23.5 Å². The molecule has 0 radical (unpaired) electrons. The van der Waals surface area contributed by atoms with Crippen molar-refractivity contribution in [2.24, 2.45) is 0 Å². The van der Waals surface area contributed by atoms with Gasteiger partial charge in [0.2, 0.25) is 0 Å². The second-order valence-electron chi connectivity index (χ2n) is 5.66. The lowest BCUT2D eigenvalue weighted by Crippen LogP contribution is -2.50. The molecule has 1 saturated heterocycles. The lowest BCUT2D eigenvalue weighted by atomic mass is 9.94. The van der Waals surface area contributed by atoms with Crippen molar-refractivity contribution in [3.8, 4) is 0 Å². The normalized spacial score (nSPS) is 23.9. The highest BCUT2D eigenvalue weighted by atomic mass is 35.5. The number of carboxylic acid groups (broad SMARTS) is 1. The molecule has 1 aromatic rings. The number of furan rings is 1. The average molecular weight is 335 g/mol. The molecule has 128 valence electrons. The van der Waals surface area contributed by atoms with Crippen molar-refractivity contribution in [1.29, 1.82) is 0 Å². The number of carbonyl (C=O) groups is 1. The summed E-state index contributed by atoms with van der Waals surface area (Å²) >= 11 is 0. The maximum absolute atomic E-state index is 10.3. The van der Waals surface area contributed by atoms with Crippen LogP contribution in [0.25, 0.3) is 0 Å². The number of hydrogen-bond donors (Lipinski definition) is 2. The second kappa shape index (κ2) is 10.6. The third-order valence-corrected chi connectivity index (χ3v) is 3.96. The van der Waals surface area contributed by atoms with E-state index in [9.17, 15) is 10.0 Å². The van der Waals surface area contributed by atoms with E-state index < -0.39 is 5.97 Å². The van der Waals surface area contributed by atoms with Crippen LogP contribution in [0.4, 0.5) is 0 Å². The van der Waals surface area contributed by atoms with Crippen LogP contribution in [-0.4, -0.2) is 40.6 Å². The van der Waals surface area contributed by atoms with Crippen LogP contribution in [-0.2, 0) is 4.79 Å². The summed E-state index contributed by atoms with van der Waals surface area (Å²) < 4.78 is 5.70. The third kappa shape index (κ3) is 7.29. The Bertz CT molecular complexity index is 400. The summed E-state index contributed by atoms with van der Waals surface area (Å²) in [6.07, 6.45) is 6.30. The quantitative estimate of drug-likeness (QED) is 0.796. The summed E-state index contributed by atoms with van der Waals surface area (Å²) in [6, 6.07) is 4.00. The van der Waals surface area contributed by atoms with Gasteiger partial charge in [-0.25, -0.2) is 5.21 Å². The molecule has 1 aliphatic heterocycles. The van der Waals surface area contributed by atoms with Gasteiger partial charge in [0.25, 0.3) is 0 Å². The van der Waals surface area contributed by atoms with Crippen LogP contribution in [0.2, 0.25) is 0 Å². The van der Waals surface area contributed by atoms with E-state index in [1.165, 1.54) is 0 Å². The van der Waals surface area contributed by atoms with Crippen molar-refractivity contribution in [2.75, 3.05) is 19.6 Å². The lowest BCUT2D eigenvalue weighted by molar-refractivity contribution is -1.10. The molecule has 1 fully saturated rings. The van der Waals surface area contributed by atoms with Crippen molar-refractivity contribution in [1.82, 2.24) is 0 Å². The molecule has 6 heteroatoms. The summed E-state index contributed by atoms with van der Waals surface area (Å²) in [6.45, 7) is 6.40. The fraction of sp³-hybridized carbons (Fsp3) is 0.688. The van der Waals surface area contributed by atoms with Crippen LogP contribution < -0.4 is 0 Å². The van der Waals surface area contributed by atoms with E-state index in [0.29, 0.717) is 5.92 Å². The predicted molar refractivity (Wildman–Crippen MR) is 87.4 cm³/mol. The van der Waals surface area contributed by atoms with Gasteiger partial charge in [0.05, 0.1) is 6.26 Å². The molecular weight excluding hydrogens is 306 g/mol. The number of carboxylic acids is 1. The Labute approximate surface area is 138 Å². The van der Waals surface area contributed by atoms with E-state index >= 15 is 0 Å². The van der Waals surface area contributed by atoms with Gasteiger partial charge in [0.1, 0.15) is 25.4 Å². The summed E-state index contributed by atoms with van der Waals surface area (Å²) in [7, 11) is 0. The molecule has 0 aliphatic carbocycles. The zero-order valence-electron chi connectivity index (χ0n) is 13.5. The number of hydroxylamine groups is 3. The van der Waals surface area contributed by atoms with Crippen molar-refractivity contribution < 1.29 is 24.2 Å². The highest BCUT2D eigenvalue weighted by molar-refractivity contribution is 5.85. The van der Waals surface area contributed by atoms with Crippen LogP contribution in [0, 0.1) is 0 Å². The van der Waals surface area contributed by atoms with E-state index in [2.05, 4.69) is 6.92 Å². The molecule has 0 unspecified atom stereocenters. The average Bonchev–Trinajstić information content (AvgIpc) is 3.01. The van der Waals surface area contributed by atoms with Crippen molar-refractivity contribution in [2.45, 2.75) is 51.9 Å². The van der Waals surface area contributed by atoms with Crippen molar-refractivity contribution in [3.63, 3.8) is 0 Å². The van der Waals surface area contributed by atoms with Crippen molar-refractivity contribution >= 4 is 18.4 Å². The molecule has 2 N–H and O–H groups in total. The van der Waals surface area contributed by atoms with Gasteiger partial charge in [0.15, 0.2) is 0 Å². The molecule has 5 nitrogen and oxygen atoms in total. The summed E-state index contributed by atoms with van der Waals surface area (Å²) in [5.41, 5.74) is 0. The molecule has 2 heterocycles. The minimum atomic E-state index is -0.745. The standard InChI is InChI=1S/C13H22NO2.C3H6O2.ClH/c1-2-3-8-14(15)9-6-12(7-10-14)13-5-4-11-16-13;1-2-3(4)5;/h4-5,11-12,15H,2-3,6-10H2,1H3;2H2,1H3,(H,4,5);1H/q+1;;. The summed E-state index contributed by atoms with van der Waals surface area (Å²) in [5.74, 6) is 0.849. The van der Waals surface area contributed by atoms with E-state index in [1.807, 2.05) is 12.1 Å². The molecule has 0 saturated carbocycles. The first kappa shape index (κ1) is 21.0. The minimum absolute atomic E-state index is 0. The molecule has 0 bridgehead atoms. The first-order chi connectivity index (χ1) is 10.0. The van der Waals surface area contributed by atoms with Crippen LogP contribution >= 0.6 is 12.4 Å². The molecule has 1 aliphatic rings. The number of unbranched alkanes of at least 4 members (excludes halogenated alkanes) is 1. The largest absolute Gasteiger partial charge is 0.481 e. The van der Waals surface area contributed by atoms with Crippen LogP contribution in [0.3, 0.4) is 0 Å². The summed E-state index contributed by atoms with van der Waals surface area (Å²) in [4.78, 5) is 9.37. The Balaban J connectivity index is 0.000000644. The van der Waals surface area contributed by atoms with Gasteiger partial charge in [-0.3, -0.25) is 4.79 Å². The van der Waals surface area contributed by atoms with Gasteiger partial charge in [-0.1, -0.05) is 20.3 Å². The van der Waals surface area contributed by atoms with E-state index in [1.54, 1.807) is 13.2 Å². The number of piperidine rings is 1. The fourth-order valence-electron chi connectivity index (χ4n) is 2.53. The molecule has 0 atom stereocenters. The predicted octanol–water partition coefficient (Wildman–Crippen LogP) is 4.07. The minimum Gasteiger partial charge on any atom is -0.481 e. The van der Waals surface area contributed by atoms with Gasteiger partial charge in [0, 0.05) is 25.2 Å². The SMILES string of the molecule is CCC(=O)O.CCCC[N+]1(O)CCC(c2ccco2)CC1.Cl. The number of quaternary nitrogens is 1. The topological polar surface area (TPSA) is 70.7 Å². The third-order valence-electron chi connectivity index (χ3n) is 3.96. The summed E-state index contributed by atoms with van der Waals surface area (Å²) in [5, 5.41) is 18.0. The highest BCUT2D eigenvalue weighted by Gasteiger charge is 2.33. The Morgan fingerprint density at radius 3 is 2.36 bits per heavy atom. The zero-order chi connectivity index (χ0) is 15.7. The smallest absolute Gasteiger partial charge is 0.303 e. The Kier molecular flexibility index (Phi) is 10.1. The second-order valence-corrected chi connectivity index (χ2v) is 5.66. The monoisotopic (exact) mass is 334 g/mol. The first-order valence-electron chi connectivity index (χ1n) is 7.84. The fourth-order valence-corrected chi connectivity index (χ4v) is 2.53. The number of hydrogen-bond acceptors (Lipinski definition) is 3.